The van der Waals surface area contributed by atoms with Crippen LogP contribution in [0.25, 0.3) is 0 Å². The molecule has 3 rings (SSSR count). The van der Waals surface area contributed by atoms with E-state index in [-0.39, 0.29) is 5.69 Å². The molecule has 0 unspecified atom stereocenters. The molecule has 0 radical (unpaired) electrons. The molecule has 2 aromatic carbocycles. The van der Waals surface area contributed by atoms with E-state index < -0.39 is 11.9 Å². The molecule has 1 aromatic heterocycles. The third kappa shape index (κ3) is 4.50. The average molecular weight is 376 g/mol. The van der Waals surface area contributed by atoms with E-state index in [1.54, 1.807) is 30.3 Å². The van der Waals surface area contributed by atoms with Crippen molar-refractivity contribution in [1.82, 2.24) is 9.97 Å². The molecule has 0 atom stereocenters. The number of amides is 1. The van der Waals surface area contributed by atoms with Crippen molar-refractivity contribution >= 4 is 29.1 Å². The van der Waals surface area contributed by atoms with E-state index in [2.05, 4.69) is 27.5 Å². The Labute approximate surface area is 162 Å². The molecular weight excluding hydrogens is 356 g/mol. The molecule has 142 valence electrons. The smallest absolute Gasteiger partial charge is 0.337 e. The van der Waals surface area contributed by atoms with Crippen molar-refractivity contribution in [2.75, 3.05) is 17.7 Å². The van der Waals surface area contributed by atoms with Crippen LogP contribution in [0.1, 0.15) is 33.3 Å². The van der Waals surface area contributed by atoms with Gasteiger partial charge in [-0.25, -0.2) is 14.8 Å². The number of rotatable bonds is 6. The zero-order valence-corrected chi connectivity index (χ0v) is 15.6. The fraction of sp³-hybridized carbons (Fsp3) is 0.143. The highest BCUT2D eigenvalue weighted by molar-refractivity contribution is 6.04. The summed E-state index contributed by atoms with van der Waals surface area (Å²) in [6.45, 7) is 2.07. The van der Waals surface area contributed by atoms with Crippen LogP contribution in [0.4, 0.5) is 17.2 Å². The number of ether oxygens (including phenoxy) is 1. The van der Waals surface area contributed by atoms with Gasteiger partial charge in [-0.15, -0.1) is 0 Å². The number of nitrogens with zero attached hydrogens (tertiary/aromatic N) is 2. The van der Waals surface area contributed by atoms with Crippen molar-refractivity contribution in [2.24, 2.45) is 0 Å². The van der Waals surface area contributed by atoms with E-state index in [1.165, 1.54) is 13.4 Å². The zero-order chi connectivity index (χ0) is 19.9. The van der Waals surface area contributed by atoms with Crippen LogP contribution in [0, 0.1) is 0 Å². The number of hydrogen-bond acceptors (Lipinski definition) is 6. The predicted octanol–water partition coefficient (Wildman–Crippen LogP) is 3.82. The summed E-state index contributed by atoms with van der Waals surface area (Å²) in [4.78, 5) is 32.4. The number of aryl methyl sites for hydroxylation is 1. The molecule has 0 aliphatic heterocycles. The first-order valence-electron chi connectivity index (χ1n) is 8.77. The van der Waals surface area contributed by atoms with Gasteiger partial charge in [0.25, 0.3) is 5.91 Å². The Morgan fingerprint density at radius 3 is 2.64 bits per heavy atom. The quantitative estimate of drug-likeness (QED) is 0.635. The van der Waals surface area contributed by atoms with Crippen LogP contribution >= 0.6 is 0 Å². The van der Waals surface area contributed by atoms with Crippen LogP contribution < -0.4 is 10.6 Å². The lowest BCUT2D eigenvalue weighted by Crippen LogP contribution is -2.15. The lowest BCUT2D eigenvalue weighted by Gasteiger charge is -2.11. The van der Waals surface area contributed by atoms with Crippen molar-refractivity contribution < 1.29 is 14.3 Å². The number of aromatic nitrogens is 2. The predicted molar refractivity (Wildman–Crippen MR) is 107 cm³/mol. The van der Waals surface area contributed by atoms with Crippen molar-refractivity contribution in [3.63, 3.8) is 0 Å². The monoisotopic (exact) mass is 376 g/mol. The minimum absolute atomic E-state index is 0.204. The van der Waals surface area contributed by atoms with Crippen LogP contribution in [-0.4, -0.2) is 29.0 Å². The van der Waals surface area contributed by atoms with Crippen molar-refractivity contribution in [3.05, 3.63) is 77.7 Å². The number of carbonyl (C=O) groups excluding carboxylic acids is 2. The Hall–Kier alpha value is -3.74. The van der Waals surface area contributed by atoms with E-state index in [0.717, 1.165) is 17.7 Å². The molecule has 7 nitrogen and oxygen atoms in total. The van der Waals surface area contributed by atoms with E-state index in [1.807, 2.05) is 24.3 Å². The minimum atomic E-state index is -0.473. The number of anilines is 3. The Morgan fingerprint density at radius 1 is 1.04 bits per heavy atom. The highest BCUT2D eigenvalue weighted by Crippen LogP contribution is 2.20. The minimum Gasteiger partial charge on any atom is -0.465 e. The summed E-state index contributed by atoms with van der Waals surface area (Å²) in [5.41, 5.74) is 3.10. The van der Waals surface area contributed by atoms with Crippen LogP contribution in [0.5, 0.6) is 0 Å². The molecule has 0 spiro atoms. The highest BCUT2D eigenvalue weighted by Gasteiger charge is 2.12. The van der Waals surface area contributed by atoms with Gasteiger partial charge in [0.05, 0.1) is 12.7 Å². The number of nitrogens with one attached hydrogen (secondary N) is 2. The maximum absolute atomic E-state index is 12.5. The fourth-order valence-electron chi connectivity index (χ4n) is 2.68. The molecule has 1 heterocycles. The number of benzene rings is 2. The Bertz CT molecular complexity index is 1000. The number of carbonyl (C=O) groups is 2. The molecular formula is C21H20N4O3. The maximum Gasteiger partial charge on any atom is 0.337 e. The molecule has 0 aliphatic carbocycles. The number of hydrogen-bond donors (Lipinski definition) is 2. The van der Waals surface area contributed by atoms with Gasteiger partial charge in [-0.1, -0.05) is 31.2 Å². The van der Waals surface area contributed by atoms with Gasteiger partial charge < -0.3 is 15.4 Å². The SMILES string of the molecule is CCc1ccccc1Nc1cc(C(=O)Nc2cccc(C(=O)OC)c2)ncn1. The standard InChI is InChI=1S/C21H20N4O3/c1-3-14-7-4-5-10-17(14)25-19-12-18(22-13-23-19)20(26)24-16-9-6-8-15(11-16)21(27)28-2/h4-13H,3H2,1-2H3,(H,24,26)(H,22,23,25). The molecule has 1 amide bonds. The summed E-state index contributed by atoms with van der Waals surface area (Å²) < 4.78 is 4.69. The second-order valence-corrected chi connectivity index (χ2v) is 5.95. The Balaban J connectivity index is 1.76. The first-order valence-corrected chi connectivity index (χ1v) is 8.77. The van der Waals surface area contributed by atoms with Crippen molar-refractivity contribution in [2.45, 2.75) is 13.3 Å². The second kappa shape index (κ2) is 8.77. The van der Waals surface area contributed by atoms with Crippen LogP contribution in [0.3, 0.4) is 0 Å². The third-order valence-corrected chi connectivity index (χ3v) is 4.10. The normalized spacial score (nSPS) is 10.2. The molecule has 0 saturated heterocycles. The van der Waals surface area contributed by atoms with Gasteiger partial charge >= 0.3 is 5.97 Å². The summed E-state index contributed by atoms with van der Waals surface area (Å²) in [7, 11) is 1.31. The van der Waals surface area contributed by atoms with Gasteiger partial charge in [0.1, 0.15) is 17.8 Å². The van der Waals surface area contributed by atoms with Gasteiger partial charge in [-0.2, -0.15) is 0 Å². The van der Waals surface area contributed by atoms with Gasteiger partial charge in [0, 0.05) is 17.4 Å². The van der Waals surface area contributed by atoms with E-state index in [9.17, 15) is 9.59 Å². The summed E-state index contributed by atoms with van der Waals surface area (Å²) in [5, 5.41) is 5.95. The van der Waals surface area contributed by atoms with Crippen molar-refractivity contribution in [1.29, 1.82) is 0 Å². The molecule has 7 heteroatoms. The first-order chi connectivity index (χ1) is 13.6. The van der Waals surface area contributed by atoms with Gasteiger partial charge in [-0.3, -0.25) is 4.79 Å². The fourth-order valence-corrected chi connectivity index (χ4v) is 2.68. The summed E-state index contributed by atoms with van der Waals surface area (Å²) in [6, 6.07) is 16.0. The number of esters is 1. The molecule has 0 aliphatic rings. The van der Waals surface area contributed by atoms with Gasteiger partial charge in [0.2, 0.25) is 0 Å². The molecule has 28 heavy (non-hydrogen) atoms. The summed E-state index contributed by atoms with van der Waals surface area (Å²) in [5.74, 6) is -0.361. The van der Waals surface area contributed by atoms with Crippen LogP contribution in [-0.2, 0) is 11.2 Å². The molecule has 0 bridgehead atoms. The molecule has 3 aromatic rings. The maximum atomic E-state index is 12.5. The molecule has 0 saturated carbocycles. The van der Waals surface area contributed by atoms with Gasteiger partial charge in [-0.05, 0) is 36.2 Å². The number of para-hydroxylation sites is 1. The lowest BCUT2D eigenvalue weighted by molar-refractivity contribution is 0.0600. The van der Waals surface area contributed by atoms with Crippen LogP contribution in [0.2, 0.25) is 0 Å². The third-order valence-electron chi connectivity index (χ3n) is 4.10. The second-order valence-electron chi connectivity index (χ2n) is 5.95. The highest BCUT2D eigenvalue weighted by atomic mass is 16.5. The van der Waals surface area contributed by atoms with Crippen molar-refractivity contribution in [3.8, 4) is 0 Å². The van der Waals surface area contributed by atoms with E-state index in [0.29, 0.717) is 17.1 Å². The molecule has 0 fully saturated rings. The largest absolute Gasteiger partial charge is 0.465 e. The Morgan fingerprint density at radius 2 is 1.86 bits per heavy atom. The summed E-state index contributed by atoms with van der Waals surface area (Å²) in [6.07, 6.45) is 2.20. The summed E-state index contributed by atoms with van der Waals surface area (Å²) >= 11 is 0. The lowest BCUT2D eigenvalue weighted by atomic mass is 10.1. The van der Waals surface area contributed by atoms with E-state index >= 15 is 0 Å². The first kappa shape index (κ1) is 19.0. The Kier molecular flexibility index (Phi) is 5.96. The van der Waals surface area contributed by atoms with E-state index in [4.69, 9.17) is 4.74 Å². The van der Waals surface area contributed by atoms with Gasteiger partial charge in [0.15, 0.2) is 0 Å². The zero-order valence-electron chi connectivity index (χ0n) is 15.6. The van der Waals surface area contributed by atoms with Crippen LogP contribution in [0.15, 0.2) is 60.9 Å². The topological polar surface area (TPSA) is 93.2 Å². The number of methoxy groups -OCH3 is 1. The average Bonchev–Trinajstić information content (AvgIpc) is 2.74. The molecule has 2 N–H and O–H groups in total.